The van der Waals surface area contributed by atoms with Gasteiger partial charge < -0.3 is 16.2 Å². The Bertz CT molecular complexity index is 1270. The van der Waals surface area contributed by atoms with Crippen LogP contribution in [-0.2, 0) is 25.0 Å². The highest BCUT2D eigenvalue weighted by Crippen LogP contribution is 2.32. The number of quaternary nitrogens is 1. The van der Waals surface area contributed by atoms with Crippen molar-refractivity contribution in [1.82, 2.24) is 10.0 Å². The molecule has 2 aromatic rings. The maximum Gasteiger partial charge on any atom is 0.359 e. The molecule has 1 aliphatic rings. The van der Waals surface area contributed by atoms with Gasteiger partial charge in [-0.1, -0.05) is 56.3 Å². The highest BCUT2D eigenvalue weighted by atomic mass is 32.2. The largest absolute Gasteiger partial charge is 0.477 e. The van der Waals surface area contributed by atoms with E-state index in [1.165, 1.54) is 6.07 Å². The lowest BCUT2D eigenvalue weighted by atomic mass is 9.78. The van der Waals surface area contributed by atoms with Gasteiger partial charge in [-0.25, -0.2) is 22.5 Å². The Morgan fingerprint density at radius 2 is 1.69 bits per heavy atom. The van der Waals surface area contributed by atoms with Crippen molar-refractivity contribution in [2.75, 3.05) is 26.2 Å². The quantitative estimate of drug-likeness (QED) is 0.116. The van der Waals surface area contributed by atoms with Gasteiger partial charge in [-0.15, -0.1) is 0 Å². The standard InChI is InChI=1S/C28H39N5O5S/c1-28(2,21-11-5-3-6-12-21)22-13-9-14-23(19-22)39(37,38)32-24(15-10-16-31-27(29)30)26(36)33(20-25(34)35)17-7-4-8-18-33/h3,5-6,9,11-14,19,24,32H,4,7-8,10,15-18,20H2,1-2H3,(H4-,29,30,31,34,35)/p+1/t24-/m0/s1. The van der Waals surface area contributed by atoms with Crippen molar-refractivity contribution in [2.24, 2.45) is 5.73 Å². The van der Waals surface area contributed by atoms with Gasteiger partial charge in [0.05, 0.1) is 18.0 Å². The lowest BCUT2D eigenvalue weighted by Gasteiger charge is -2.39. The maximum absolute atomic E-state index is 13.9. The van der Waals surface area contributed by atoms with Gasteiger partial charge >= 0.3 is 11.9 Å². The third-order valence-corrected chi connectivity index (χ3v) is 8.99. The van der Waals surface area contributed by atoms with E-state index < -0.39 is 33.4 Å². The number of carboxylic acids is 1. The monoisotopic (exact) mass is 558 g/mol. The second kappa shape index (κ2) is 12.7. The first-order valence-electron chi connectivity index (χ1n) is 13.3. The van der Waals surface area contributed by atoms with Gasteiger partial charge in [0.25, 0.3) is 0 Å². The summed E-state index contributed by atoms with van der Waals surface area (Å²) in [6.45, 7) is 4.65. The molecule has 0 aromatic heterocycles. The first-order chi connectivity index (χ1) is 18.4. The van der Waals surface area contributed by atoms with Gasteiger partial charge in [0.15, 0.2) is 12.5 Å². The van der Waals surface area contributed by atoms with Gasteiger partial charge in [0.2, 0.25) is 10.0 Å². The van der Waals surface area contributed by atoms with E-state index in [0.717, 1.165) is 17.5 Å². The van der Waals surface area contributed by atoms with E-state index in [9.17, 15) is 23.1 Å². The van der Waals surface area contributed by atoms with Crippen LogP contribution in [0.3, 0.4) is 0 Å². The number of amides is 1. The first-order valence-corrected chi connectivity index (χ1v) is 14.7. The maximum atomic E-state index is 13.9. The van der Waals surface area contributed by atoms with E-state index in [0.29, 0.717) is 32.4 Å². The van der Waals surface area contributed by atoms with Crippen LogP contribution in [-0.4, -0.2) is 68.1 Å². The Balaban J connectivity index is 1.92. The fourth-order valence-electron chi connectivity index (χ4n) is 5.25. The van der Waals surface area contributed by atoms with E-state index in [-0.39, 0.29) is 34.8 Å². The molecule has 2 aromatic carbocycles. The van der Waals surface area contributed by atoms with E-state index in [1.54, 1.807) is 12.1 Å². The van der Waals surface area contributed by atoms with E-state index in [4.69, 9.17) is 11.1 Å². The summed E-state index contributed by atoms with van der Waals surface area (Å²) < 4.78 is 29.6. The lowest BCUT2D eigenvalue weighted by Crippen LogP contribution is -2.64. The lowest BCUT2D eigenvalue weighted by molar-refractivity contribution is -0.853. The molecule has 212 valence electrons. The van der Waals surface area contributed by atoms with Crippen LogP contribution in [0.4, 0.5) is 0 Å². The summed E-state index contributed by atoms with van der Waals surface area (Å²) >= 11 is 0. The minimum atomic E-state index is -4.13. The summed E-state index contributed by atoms with van der Waals surface area (Å²) in [6.07, 6.45) is 2.78. The number of aliphatic carboxylic acids is 1. The Morgan fingerprint density at radius 3 is 2.31 bits per heavy atom. The number of likely N-dealkylation sites (tertiary alicyclic amines) is 1. The molecule has 39 heavy (non-hydrogen) atoms. The number of carbonyl (C=O) groups is 2. The van der Waals surface area contributed by atoms with Crippen LogP contribution in [0, 0.1) is 5.41 Å². The molecule has 0 aliphatic carbocycles. The second-order valence-electron chi connectivity index (χ2n) is 10.7. The van der Waals surface area contributed by atoms with Crippen LogP contribution >= 0.6 is 0 Å². The van der Waals surface area contributed by atoms with Crippen LogP contribution in [0.2, 0.25) is 0 Å². The smallest absolute Gasteiger partial charge is 0.359 e. The van der Waals surface area contributed by atoms with Crippen LogP contribution in [0.15, 0.2) is 59.5 Å². The fraction of sp³-hybridized carbons (Fsp3) is 0.464. The summed E-state index contributed by atoms with van der Waals surface area (Å²) in [7, 11) is -4.13. The predicted molar refractivity (Wildman–Crippen MR) is 150 cm³/mol. The molecule has 0 saturated carbocycles. The van der Waals surface area contributed by atoms with Crippen molar-refractivity contribution in [1.29, 1.82) is 5.41 Å². The number of carboxylic acid groups (broad SMARTS) is 1. The number of nitrogens with two attached hydrogens (primary N) is 1. The number of guanidine groups is 1. The number of piperidine rings is 1. The molecule has 11 heteroatoms. The molecule has 0 spiro atoms. The second-order valence-corrected chi connectivity index (χ2v) is 12.4. The van der Waals surface area contributed by atoms with Crippen molar-refractivity contribution in [3.8, 4) is 0 Å². The molecule has 0 unspecified atom stereocenters. The number of nitrogens with one attached hydrogen (secondary N) is 3. The van der Waals surface area contributed by atoms with Crippen molar-refractivity contribution >= 4 is 27.9 Å². The first kappa shape index (κ1) is 30.3. The van der Waals surface area contributed by atoms with Crippen molar-refractivity contribution < 1.29 is 27.6 Å². The molecule has 10 nitrogen and oxygen atoms in total. The summed E-state index contributed by atoms with van der Waals surface area (Å²) in [6, 6.07) is 15.3. The Morgan fingerprint density at radius 1 is 1.05 bits per heavy atom. The third-order valence-electron chi connectivity index (χ3n) is 7.52. The number of rotatable bonds is 12. The van der Waals surface area contributed by atoms with Gasteiger partial charge in [-0.05, 0) is 55.4 Å². The molecule has 1 amide bonds. The molecule has 0 radical (unpaired) electrons. The van der Waals surface area contributed by atoms with Gasteiger partial charge in [-0.2, -0.15) is 4.72 Å². The minimum Gasteiger partial charge on any atom is -0.477 e. The molecular formula is C28H40N5O5S+. The number of hydrogen-bond acceptors (Lipinski definition) is 5. The number of hydrogen-bond donors (Lipinski definition) is 5. The highest BCUT2D eigenvalue weighted by molar-refractivity contribution is 7.89. The molecule has 1 saturated heterocycles. The molecule has 3 rings (SSSR count). The van der Waals surface area contributed by atoms with E-state index >= 15 is 0 Å². The minimum absolute atomic E-state index is 0.0343. The number of sulfonamides is 1. The third kappa shape index (κ3) is 7.65. The summed E-state index contributed by atoms with van der Waals surface area (Å²) in [5.74, 6) is -1.76. The average Bonchev–Trinajstić information content (AvgIpc) is 2.90. The zero-order valence-electron chi connectivity index (χ0n) is 22.7. The van der Waals surface area contributed by atoms with Gasteiger partial charge in [0.1, 0.15) is 6.04 Å². The zero-order chi connectivity index (χ0) is 28.7. The number of benzene rings is 2. The van der Waals surface area contributed by atoms with Gasteiger partial charge in [0, 0.05) is 12.0 Å². The van der Waals surface area contributed by atoms with E-state index in [1.807, 2.05) is 50.2 Å². The predicted octanol–water partition coefficient (Wildman–Crippen LogP) is 2.53. The normalized spacial score (nSPS) is 16.3. The average molecular weight is 559 g/mol. The Kier molecular flexibility index (Phi) is 9.87. The summed E-state index contributed by atoms with van der Waals surface area (Å²) in [5.41, 5.74) is 6.72. The van der Waals surface area contributed by atoms with Crippen molar-refractivity contribution in [2.45, 2.75) is 62.3 Å². The molecule has 1 atom stereocenters. The fourth-order valence-corrected chi connectivity index (χ4v) is 6.52. The molecule has 6 N–H and O–H groups in total. The van der Waals surface area contributed by atoms with E-state index in [2.05, 4.69) is 10.0 Å². The van der Waals surface area contributed by atoms with Crippen LogP contribution in [0.1, 0.15) is 57.1 Å². The molecule has 1 heterocycles. The van der Waals surface area contributed by atoms with Crippen LogP contribution in [0.25, 0.3) is 0 Å². The Hall–Kier alpha value is -3.28. The van der Waals surface area contributed by atoms with Crippen molar-refractivity contribution in [3.05, 3.63) is 65.7 Å². The molecular weight excluding hydrogens is 518 g/mol. The number of nitrogens with zero attached hydrogens (tertiary/aromatic N) is 1. The topological polar surface area (TPSA) is 162 Å². The number of carbonyl (C=O) groups excluding carboxylic acids is 1. The molecule has 1 fully saturated rings. The zero-order valence-corrected chi connectivity index (χ0v) is 23.5. The summed E-state index contributed by atoms with van der Waals surface area (Å²) in [4.78, 5) is 25.7. The SMILES string of the molecule is CC(C)(c1ccccc1)c1cccc(S(=O)(=O)N[C@@H](CCCNC(=N)N)C(=O)[N+]2(CC(=O)O)CCCCC2)c1. The van der Waals surface area contributed by atoms with Gasteiger partial charge in [-0.3, -0.25) is 5.41 Å². The summed E-state index contributed by atoms with van der Waals surface area (Å²) in [5, 5.41) is 19.6. The molecule has 1 aliphatic heterocycles. The van der Waals surface area contributed by atoms with Crippen LogP contribution < -0.4 is 15.8 Å². The van der Waals surface area contributed by atoms with Crippen molar-refractivity contribution in [3.63, 3.8) is 0 Å². The highest BCUT2D eigenvalue weighted by Gasteiger charge is 2.45. The van der Waals surface area contributed by atoms with Crippen LogP contribution in [0.5, 0.6) is 0 Å². The Labute approximate surface area is 230 Å². The molecule has 0 bridgehead atoms.